The molecule has 0 spiro atoms. The molecule has 0 unspecified atom stereocenters. The number of benzene rings is 2. The van der Waals surface area contributed by atoms with Crippen LogP contribution in [0.3, 0.4) is 0 Å². The molecule has 0 heterocycles. The Morgan fingerprint density at radius 1 is 0.792 bits per heavy atom. The van der Waals surface area contributed by atoms with E-state index in [1.54, 1.807) is 44.4 Å². The summed E-state index contributed by atoms with van der Waals surface area (Å²) in [7, 11) is 0.300. The van der Waals surface area contributed by atoms with Gasteiger partial charge >= 0.3 is 0 Å². The first-order valence-electron chi connectivity index (χ1n) is 7.15. The van der Waals surface area contributed by atoms with Gasteiger partial charge in [-0.25, -0.2) is 12.7 Å². The van der Waals surface area contributed by atoms with Crippen molar-refractivity contribution in [2.45, 2.75) is 4.90 Å². The Bertz CT molecular complexity index is 861. The molecule has 6 nitrogen and oxygen atoms in total. The highest BCUT2D eigenvalue weighted by Gasteiger charge is 2.27. The van der Waals surface area contributed by atoms with Crippen molar-refractivity contribution in [2.75, 3.05) is 21.1 Å². The second kappa shape index (κ2) is 6.84. The highest BCUT2D eigenvalue weighted by Crippen LogP contribution is 2.18. The summed E-state index contributed by atoms with van der Waals surface area (Å²) in [4.78, 5) is 25.6. The third kappa shape index (κ3) is 3.46. The molecule has 2 aromatic rings. The first kappa shape index (κ1) is 17.7. The predicted molar refractivity (Wildman–Crippen MR) is 90.2 cm³/mol. The standard InChI is InChI=1S/C17H18N2O4S/c1-18(2)16(20)14-10-7-11-15(12-14)24(22,23)19(3)17(21)13-8-5-4-6-9-13/h4-12H,1-3H3. The third-order valence-electron chi connectivity index (χ3n) is 3.45. The van der Waals surface area contributed by atoms with Crippen molar-refractivity contribution < 1.29 is 18.0 Å². The molecule has 126 valence electrons. The minimum atomic E-state index is -4.06. The second-order valence-electron chi connectivity index (χ2n) is 5.37. The number of nitrogens with zero attached hydrogens (tertiary/aromatic N) is 2. The van der Waals surface area contributed by atoms with Gasteiger partial charge in [-0.05, 0) is 30.3 Å². The van der Waals surface area contributed by atoms with Gasteiger partial charge in [-0.1, -0.05) is 24.3 Å². The summed E-state index contributed by atoms with van der Waals surface area (Å²) in [5.74, 6) is -0.955. The molecule has 0 radical (unpaired) electrons. The Kier molecular flexibility index (Phi) is 5.04. The van der Waals surface area contributed by atoms with E-state index in [2.05, 4.69) is 0 Å². The van der Waals surface area contributed by atoms with Gasteiger partial charge in [0.25, 0.3) is 21.8 Å². The minimum absolute atomic E-state index is 0.109. The van der Waals surface area contributed by atoms with Gasteiger partial charge in [0.05, 0.1) is 4.90 Å². The lowest BCUT2D eigenvalue weighted by Gasteiger charge is -2.18. The van der Waals surface area contributed by atoms with Crippen LogP contribution in [0.2, 0.25) is 0 Å². The van der Waals surface area contributed by atoms with E-state index < -0.39 is 15.9 Å². The molecule has 24 heavy (non-hydrogen) atoms. The zero-order chi connectivity index (χ0) is 17.9. The van der Waals surface area contributed by atoms with Crippen LogP contribution < -0.4 is 0 Å². The molecule has 0 saturated carbocycles. The highest BCUT2D eigenvalue weighted by molar-refractivity contribution is 7.89. The van der Waals surface area contributed by atoms with Crippen LogP contribution in [0, 0.1) is 0 Å². The summed E-state index contributed by atoms with van der Waals surface area (Å²) >= 11 is 0. The van der Waals surface area contributed by atoms with E-state index in [0.717, 1.165) is 0 Å². The fourth-order valence-corrected chi connectivity index (χ4v) is 3.24. The smallest absolute Gasteiger partial charge is 0.267 e. The van der Waals surface area contributed by atoms with Crippen molar-refractivity contribution in [1.82, 2.24) is 9.21 Å². The van der Waals surface area contributed by atoms with Crippen LogP contribution >= 0.6 is 0 Å². The first-order valence-corrected chi connectivity index (χ1v) is 8.59. The van der Waals surface area contributed by atoms with Gasteiger partial charge in [0.2, 0.25) is 0 Å². The number of rotatable bonds is 4. The number of carbonyl (C=O) groups is 2. The third-order valence-corrected chi connectivity index (χ3v) is 5.19. The number of hydrogen-bond acceptors (Lipinski definition) is 4. The summed E-state index contributed by atoms with van der Waals surface area (Å²) in [6.07, 6.45) is 0. The largest absolute Gasteiger partial charge is 0.345 e. The monoisotopic (exact) mass is 346 g/mol. The number of carbonyl (C=O) groups excluding carboxylic acids is 2. The molecule has 0 N–H and O–H groups in total. The highest BCUT2D eigenvalue weighted by atomic mass is 32.2. The van der Waals surface area contributed by atoms with Crippen LogP contribution in [-0.4, -0.2) is 50.6 Å². The lowest BCUT2D eigenvalue weighted by atomic mass is 10.2. The molecular formula is C17H18N2O4S. The van der Waals surface area contributed by atoms with E-state index in [9.17, 15) is 18.0 Å². The normalized spacial score (nSPS) is 11.0. The molecule has 7 heteroatoms. The lowest BCUT2D eigenvalue weighted by molar-refractivity contribution is 0.0826. The van der Waals surface area contributed by atoms with Crippen LogP contribution in [-0.2, 0) is 10.0 Å². The van der Waals surface area contributed by atoms with Gasteiger partial charge in [0.15, 0.2) is 0 Å². The SMILES string of the molecule is CN(C)C(=O)c1cccc(S(=O)(=O)N(C)C(=O)c2ccccc2)c1. The van der Waals surface area contributed by atoms with Crippen LogP contribution in [0.15, 0.2) is 59.5 Å². The average Bonchev–Trinajstić information content (AvgIpc) is 2.60. The maximum absolute atomic E-state index is 12.7. The fourth-order valence-electron chi connectivity index (χ4n) is 2.08. The van der Waals surface area contributed by atoms with Crippen LogP contribution in [0.5, 0.6) is 0 Å². The molecule has 0 aliphatic carbocycles. The summed E-state index contributed by atoms with van der Waals surface area (Å²) < 4.78 is 26.0. The van der Waals surface area contributed by atoms with Crippen molar-refractivity contribution in [1.29, 1.82) is 0 Å². The molecule has 2 aromatic carbocycles. The molecule has 0 fully saturated rings. The maximum atomic E-state index is 12.7. The average molecular weight is 346 g/mol. The van der Waals surface area contributed by atoms with Gasteiger partial charge in [-0.3, -0.25) is 9.59 Å². The Balaban J connectivity index is 2.38. The van der Waals surface area contributed by atoms with E-state index in [-0.39, 0.29) is 21.9 Å². The predicted octanol–water partition coefficient (Wildman–Crippen LogP) is 1.85. The molecule has 0 aromatic heterocycles. The van der Waals surface area contributed by atoms with Gasteiger partial charge in [0, 0.05) is 32.3 Å². The zero-order valence-electron chi connectivity index (χ0n) is 13.6. The molecule has 0 aliphatic heterocycles. The molecule has 0 saturated heterocycles. The lowest BCUT2D eigenvalue weighted by Crippen LogP contribution is -2.33. The van der Waals surface area contributed by atoms with E-state index in [1.807, 2.05) is 0 Å². The van der Waals surface area contributed by atoms with Gasteiger partial charge in [-0.15, -0.1) is 0 Å². The van der Waals surface area contributed by atoms with Gasteiger partial charge < -0.3 is 4.90 Å². The Morgan fingerprint density at radius 2 is 1.38 bits per heavy atom. The molecule has 0 aliphatic rings. The Labute approximate surface area is 141 Å². The molecule has 0 atom stereocenters. The molecule has 2 amide bonds. The van der Waals surface area contributed by atoms with E-state index in [1.165, 1.54) is 36.2 Å². The maximum Gasteiger partial charge on any atom is 0.267 e. The molecular weight excluding hydrogens is 328 g/mol. The van der Waals surface area contributed by atoms with Crippen molar-refractivity contribution in [3.05, 3.63) is 65.7 Å². The minimum Gasteiger partial charge on any atom is -0.345 e. The Morgan fingerprint density at radius 3 is 1.96 bits per heavy atom. The summed E-state index contributed by atoms with van der Waals surface area (Å²) in [6.45, 7) is 0. The van der Waals surface area contributed by atoms with Gasteiger partial charge in [0.1, 0.15) is 0 Å². The number of amides is 2. The van der Waals surface area contributed by atoms with E-state index in [4.69, 9.17) is 0 Å². The summed E-state index contributed by atoms with van der Waals surface area (Å²) in [6, 6.07) is 13.8. The first-order chi connectivity index (χ1) is 11.2. The van der Waals surface area contributed by atoms with Crippen molar-refractivity contribution >= 4 is 21.8 Å². The van der Waals surface area contributed by atoms with Crippen molar-refractivity contribution in [3.63, 3.8) is 0 Å². The van der Waals surface area contributed by atoms with Crippen LogP contribution in [0.1, 0.15) is 20.7 Å². The van der Waals surface area contributed by atoms with Crippen molar-refractivity contribution in [3.8, 4) is 0 Å². The van der Waals surface area contributed by atoms with Crippen LogP contribution in [0.25, 0.3) is 0 Å². The quantitative estimate of drug-likeness (QED) is 0.847. The van der Waals surface area contributed by atoms with E-state index >= 15 is 0 Å². The number of hydrogen-bond donors (Lipinski definition) is 0. The Hall–Kier alpha value is -2.67. The number of sulfonamides is 1. The zero-order valence-corrected chi connectivity index (χ0v) is 14.4. The topological polar surface area (TPSA) is 74.8 Å². The van der Waals surface area contributed by atoms with Crippen molar-refractivity contribution in [2.24, 2.45) is 0 Å². The summed E-state index contributed by atoms with van der Waals surface area (Å²) in [5, 5.41) is 0. The van der Waals surface area contributed by atoms with Crippen LogP contribution in [0.4, 0.5) is 0 Å². The molecule has 0 bridgehead atoms. The summed E-state index contributed by atoms with van der Waals surface area (Å²) in [5.41, 5.74) is 0.505. The second-order valence-corrected chi connectivity index (χ2v) is 7.34. The van der Waals surface area contributed by atoms with E-state index in [0.29, 0.717) is 4.31 Å². The fraction of sp³-hybridized carbons (Fsp3) is 0.176. The molecule has 2 rings (SSSR count). The van der Waals surface area contributed by atoms with Gasteiger partial charge in [-0.2, -0.15) is 0 Å².